The zero-order chi connectivity index (χ0) is 27.9. The topological polar surface area (TPSA) is 82.7 Å². The molecule has 2 amide bonds. The predicted octanol–water partition coefficient (Wildman–Crippen LogP) is 4.33. The number of anilines is 1. The van der Waals surface area contributed by atoms with Crippen molar-refractivity contribution in [3.05, 3.63) is 63.4 Å². The number of fused-ring (bicyclic) bond motifs is 2. The Morgan fingerprint density at radius 1 is 1.21 bits per heavy atom. The van der Waals surface area contributed by atoms with E-state index >= 15 is 0 Å². The highest BCUT2D eigenvalue weighted by Crippen LogP contribution is 2.57. The summed E-state index contributed by atoms with van der Waals surface area (Å²) < 4.78 is 20.4. The molecule has 2 fully saturated rings. The maximum absolute atomic E-state index is 15.0. The fourth-order valence-corrected chi connectivity index (χ4v) is 6.77. The Morgan fingerprint density at radius 2 is 1.95 bits per heavy atom. The van der Waals surface area contributed by atoms with Crippen molar-refractivity contribution >= 4 is 40.7 Å². The van der Waals surface area contributed by atoms with Crippen molar-refractivity contribution < 1.29 is 18.7 Å². The highest BCUT2D eigenvalue weighted by Gasteiger charge is 2.65. The Bertz CT molecular complexity index is 1260. The summed E-state index contributed by atoms with van der Waals surface area (Å²) in [6, 6.07) is 8.83. The third-order valence-corrected chi connectivity index (χ3v) is 8.55. The van der Waals surface area contributed by atoms with Gasteiger partial charge in [0.1, 0.15) is 11.2 Å². The van der Waals surface area contributed by atoms with Crippen molar-refractivity contribution in [1.29, 1.82) is 0 Å². The van der Waals surface area contributed by atoms with E-state index in [4.69, 9.17) is 27.9 Å². The third-order valence-electron chi connectivity index (χ3n) is 8.02. The summed E-state index contributed by atoms with van der Waals surface area (Å²) in [6.07, 6.45) is 0.568. The average molecular weight is 578 g/mol. The molecule has 0 radical (unpaired) electrons. The van der Waals surface area contributed by atoms with Gasteiger partial charge < -0.3 is 20.7 Å². The van der Waals surface area contributed by atoms with Gasteiger partial charge in [-0.1, -0.05) is 56.1 Å². The van der Waals surface area contributed by atoms with Crippen LogP contribution in [-0.2, 0) is 19.7 Å². The zero-order valence-electron chi connectivity index (χ0n) is 22.5. The number of nitrogens with zero attached hydrogens (tertiary/aromatic N) is 1. The van der Waals surface area contributed by atoms with Crippen molar-refractivity contribution in [3.63, 3.8) is 0 Å². The van der Waals surface area contributed by atoms with Crippen LogP contribution in [0, 0.1) is 11.2 Å². The molecule has 10 heteroatoms. The first-order chi connectivity index (χ1) is 18.5. The largest absolute Gasteiger partial charge is 0.379 e. The van der Waals surface area contributed by atoms with Gasteiger partial charge >= 0.3 is 0 Å². The van der Waals surface area contributed by atoms with Crippen LogP contribution in [0.2, 0.25) is 10.0 Å². The minimum Gasteiger partial charge on any atom is -0.379 e. The lowest BCUT2D eigenvalue weighted by Gasteiger charge is -2.37. The van der Waals surface area contributed by atoms with Crippen LogP contribution in [0.4, 0.5) is 10.1 Å². The van der Waals surface area contributed by atoms with E-state index in [2.05, 4.69) is 41.6 Å². The molecule has 0 aromatic heterocycles. The number of hydrogen-bond acceptors (Lipinski definition) is 5. The number of hydrogen-bond donors (Lipinski definition) is 3. The molecule has 7 nitrogen and oxygen atoms in total. The average Bonchev–Trinajstić information content (AvgIpc) is 3.34. The molecule has 0 unspecified atom stereocenters. The van der Waals surface area contributed by atoms with Gasteiger partial charge in [-0.05, 0) is 47.2 Å². The molecule has 4 atom stereocenters. The maximum Gasteiger partial charge on any atom is 0.237 e. The lowest BCUT2D eigenvalue weighted by atomic mass is 9.62. The quantitative estimate of drug-likeness (QED) is 0.477. The molecule has 0 aliphatic carbocycles. The Morgan fingerprint density at radius 3 is 2.64 bits per heavy atom. The lowest BCUT2D eigenvalue weighted by molar-refractivity contribution is -0.124. The first-order valence-electron chi connectivity index (χ1n) is 13.4. The Kier molecular flexibility index (Phi) is 7.97. The number of carbonyl (C=O) groups excluding carboxylic acids is 2. The van der Waals surface area contributed by atoms with E-state index in [1.165, 1.54) is 12.1 Å². The summed E-state index contributed by atoms with van der Waals surface area (Å²) in [5, 5.41) is 10.0. The number of amides is 2. The van der Waals surface area contributed by atoms with E-state index in [0.29, 0.717) is 49.0 Å². The maximum atomic E-state index is 15.0. The summed E-state index contributed by atoms with van der Waals surface area (Å²) in [5.41, 5.74) is 0.250. The second-order valence-corrected chi connectivity index (χ2v) is 12.7. The molecular formula is C29H35Cl2FN4O3. The normalized spacial score (nSPS) is 27.0. The molecule has 0 saturated carbocycles. The summed E-state index contributed by atoms with van der Waals surface area (Å²) in [5.74, 6) is -1.74. The molecule has 2 saturated heterocycles. The molecule has 3 heterocycles. The molecule has 3 aliphatic rings. The Balaban J connectivity index is 1.58. The molecule has 3 N–H and O–H groups in total. The van der Waals surface area contributed by atoms with Crippen LogP contribution >= 0.6 is 23.2 Å². The second kappa shape index (κ2) is 11.0. The zero-order valence-corrected chi connectivity index (χ0v) is 24.0. The molecular weight excluding hydrogens is 542 g/mol. The van der Waals surface area contributed by atoms with Crippen molar-refractivity contribution in [3.8, 4) is 0 Å². The minimum atomic E-state index is -1.26. The van der Waals surface area contributed by atoms with Gasteiger partial charge in [0, 0.05) is 48.8 Å². The Hall–Kier alpha value is -2.23. The summed E-state index contributed by atoms with van der Waals surface area (Å²) in [4.78, 5) is 30.2. The molecule has 210 valence electrons. The van der Waals surface area contributed by atoms with Crippen LogP contribution in [-0.4, -0.2) is 68.2 Å². The van der Waals surface area contributed by atoms with Crippen LogP contribution in [0.5, 0.6) is 0 Å². The van der Waals surface area contributed by atoms with Crippen molar-refractivity contribution in [1.82, 2.24) is 15.5 Å². The van der Waals surface area contributed by atoms with Crippen LogP contribution in [0.15, 0.2) is 36.4 Å². The fraction of sp³-hybridized carbons (Fsp3) is 0.517. The van der Waals surface area contributed by atoms with Gasteiger partial charge in [0.25, 0.3) is 0 Å². The van der Waals surface area contributed by atoms with Crippen LogP contribution in [0.1, 0.15) is 44.2 Å². The predicted molar refractivity (Wildman–Crippen MR) is 151 cm³/mol. The van der Waals surface area contributed by atoms with Crippen molar-refractivity contribution in [2.45, 2.75) is 50.6 Å². The monoisotopic (exact) mass is 576 g/mol. The van der Waals surface area contributed by atoms with Gasteiger partial charge in [-0.3, -0.25) is 14.5 Å². The molecule has 2 aromatic rings. The highest BCUT2D eigenvalue weighted by atomic mass is 35.5. The van der Waals surface area contributed by atoms with Gasteiger partial charge in [0.05, 0.1) is 24.3 Å². The SMILES string of the molecule is CC(C)(C)C[C@H]1N[C@@H](C(=O)NCCN2CCOCC2)[C@H](c2cccc(Cl)c2)[C@@]12C(=O)Nc1cc(Cl)c(F)cc12. The van der Waals surface area contributed by atoms with Crippen molar-refractivity contribution in [2.75, 3.05) is 44.7 Å². The number of morpholine rings is 1. The molecule has 0 bridgehead atoms. The van der Waals surface area contributed by atoms with E-state index < -0.39 is 29.2 Å². The van der Waals surface area contributed by atoms with Crippen LogP contribution in [0.25, 0.3) is 0 Å². The molecule has 3 aliphatic heterocycles. The number of rotatable bonds is 6. The standard InChI is InChI=1S/C29H35Cl2FN4O3/c1-28(2,3)16-23-29(19-14-21(32)20(31)15-22(19)34-27(29)38)24(17-5-4-6-18(30)13-17)25(35-23)26(37)33-7-8-36-9-11-39-12-10-36/h4-6,13-15,23-25,35H,7-12,16H2,1-3H3,(H,33,37)(H,34,38)/t23-,24+,25-,29+/m1/s1. The molecule has 39 heavy (non-hydrogen) atoms. The molecule has 5 rings (SSSR count). The highest BCUT2D eigenvalue weighted by molar-refractivity contribution is 6.31. The van der Waals surface area contributed by atoms with E-state index in [-0.39, 0.29) is 22.3 Å². The lowest BCUT2D eigenvalue weighted by Crippen LogP contribution is -2.49. The van der Waals surface area contributed by atoms with Crippen molar-refractivity contribution in [2.24, 2.45) is 5.41 Å². The van der Waals surface area contributed by atoms with E-state index in [9.17, 15) is 14.0 Å². The van der Waals surface area contributed by atoms with Gasteiger partial charge in [0.2, 0.25) is 11.8 Å². The van der Waals surface area contributed by atoms with Crippen LogP contribution in [0.3, 0.4) is 0 Å². The first-order valence-corrected chi connectivity index (χ1v) is 14.2. The fourth-order valence-electron chi connectivity index (χ4n) is 6.41. The van der Waals surface area contributed by atoms with E-state index in [1.807, 2.05) is 12.1 Å². The third kappa shape index (κ3) is 5.42. The number of carbonyl (C=O) groups is 2. The van der Waals surface area contributed by atoms with Gasteiger partial charge in [-0.2, -0.15) is 0 Å². The summed E-state index contributed by atoms with van der Waals surface area (Å²) >= 11 is 12.5. The van der Waals surface area contributed by atoms with E-state index in [0.717, 1.165) is 18.7 Å². The van der Waals surface area contributed by atoms with Gasteiger partial charge in [0.15, 0.2) is 0 Å². The number of halogens is 3. The van der Waals surface area contributed by atoms with Gasteiger partial charge in [-0.15, -0.1) is 0 Å². The summed E-state index contributed by atoms with van der Waals surface area (Å²) in [6.45, 7) is 10.4. The Labute approximate surface area is 238 Å². The summed E-state index contributed by atoms with van der Waals surface area (Å²) in [7, 11) is 0. The minimum absolute atomic E-state index is 0.0684. The second-order valence-electron chi connectivity index (χ2n) is 11.9. The number of ether oxygens (including phenoxy) is 1. The van der Waals surface area contributed by atoms with Gasteiger partial charge in [-0.25, -0.2) is 4.39 Å². The number of benzene rings is 2. The first kappa shape index (κ1) is 28.3. The molecule has 2 aromatic carbocycles. The molecule has 1 spiro atoms. The smallest absolute Gasteiger partial charge is 0.237 e. The van der Waals surface area contributed by atoms with E-state index in [1.54, 1.807) is 12.1 Å². The van der Waals surface area contributed by atoms with Crippen LogP contribution < -0.4 is 16.0 Å². The number of nitrogens with one attached hydrogen (secondary N) is 3.